The number of amides is 1. The molecular formula is C23H31N3O4S. The first-order chi connectivity index (χ1) is 14.6. The van der Waals surface area contributed by atoms with Crippen LogP contribution < -0.4 is 5.32 Å². The average molecular weight is 446 g/mol. The molecule has 0 atom stereocenters. The van der Waals surface area contributed by atoms with Gasteiger partial charge in [0.05, 0.1) is 4.90 Å². The summed E-state index contributed by atoms with van der Waals surface area (Å²) >= 11 is 0. The van der Waals surface area contributed by atoms with Crippen molar-refractivity contribution in [3.8, 4) is 0 Å². The number of rotatable bonds is 6. The van der Waals surface area contributed by atoms with Crippen LogP contribution in [0.15, 0.2) is 59.5 Å². The van der Waals surface area contributed by atoms with Crippen molar-refractivity contribution in [1.29, 1.82) is 0 Å². The van der Waals surface area contributed by atoms with Gasteiger partial charge < -0.3 is 10.1 Å². The van der Waals surface area contributed by atoms with Crippen molar-refractivity contribution in [2.45, 2.75) is 44.4 Å². The van der Waals surface area contributed by atoms with Gasteiger partial charge in [-0.05, 0) is 44.0 Å². The van der Waals surface area contributed by atoms with E-state index < -0.39 is 21.7 Å². The van der Waals surface area contributed by atoms with Gasteiger partial charge in [-0.2, -0.15) is 4.31 Å². The quantitative estimate of drug-likeness (QED) is 0.739. The summed E-state index contributed by atoms with van der Waals surface area (Å²) in [5.74, 6) is 0. The van der Waals surface area contributed by atoms with Crippen LogP contribution in [0.5, 0.6) is 0 Å². The van der Waals surface area contributed by atoms with Crippen molar-refractivity contribution in [3.05, 3.63) is 65.7 Å². The van der Waals surface area contributed by atoms with Crippen molar-refractivity contribution in [2.24, 2.45) is 0 Å². The summed E-state index contributed by atoms with van der Waals surface area (Å²) in [6.45, 7) is 8.84. The number of carbonyl (C=O) groups excluding carboxylic acids is 1. The Hall–Kier alpha value is -2.42. The van der Waals surface area contributed by atoms with E-state index in [-0.39, 0.29) is 11.4 Å². The van der Waals surface area contributed by atoms with E-state index in [9.17, 15) is 13.2 Å². The molecule has 8 heteroatoms. The molecule has 1 aliphatic rings. The lowest BCUT2D eigenvalue weighted by Crippen LogP contribution is -2.48. The van der Waals surface area contributed by atoms with Crippen LogP contribution in [0.25, 0.3) is 0 Å². The molecule has 2 aromatic carbocycles. The van der Waals surface area contributed by atoms with Crippen molar-refractivity contribution in [3.63, 3.8) is 0 Å². The predicted molar refractivity (Wildman–Crippen MR) is 120 cm³/mol. The van der Waals surface area contributed by atoms with E-state index in [0.29, 0.717) is 26.2 Å². The first kappa shape index (κ1) is 23.2. The summed E-state index contributed by atoms with van der Waals surface area (Å²) in [5, 5.41) is 2.68. The molecule has 3 rings (SSSR count). The van der Waals surface area contributed by atoms with Crippen LogP contribution in [0.4, 0.5) is 4.79 Å². The molecule has 1 aliphatic heterocycles. The van der Waals surface area contributed by atoms with Crippen molar-refractivity contribution < 1.29 is 17.9 Å². The lowest BCUT2D eigenvalue weighted by atomic mass is 10.2. The number of alkyl carbamates (subject to hydrolysis) is 1. The maximum atomic E-state index is 13.0. The number of ether oxygens (including phenoxy) is 1. The van der Waals surface area contributed by atoms with E-state index in [1.165, 1.54) is 5.56 Å². The molecular weight excluding hydrogens is 414 g/mol. The molecule has 0 radical (unpaired) electrons. The SMILES string of the molecule is CC(C)(C)OC(=O)NCc1ccc(S(=O)(=O)N2CCN(Cc3ccccc3)CC2)cc1. The van der Waals surface area contributed by atoms with E-state index in [2.05, 4.69) is 22.3 Å². The molecule has 0 unspecified atom stereocenters. The summed E-state index contributed by atoms with van der Waals surface area (Å²) in [5.41, 5.74) is 1.47. The van der Waals surface area contributed by atoms with Gasteiger partial charge in [0.1, 0.15) is 5.60 Å². The summed E-state index contributed by atoms with van der Waals surface area (Å²) in [4.78, 5) is 14.3. The highest BCUT2D eigenvalue weighted by Crippen LogP contribution is 2.19. The van der Waals surface area contributed by atoms with Crippen molar-refractivity contribution in [2.75, 3.05) is 26.2 Å². The van der Waals surface area contributed by atoms with Crippen LogP contribution >= 0.6 is 0 Å². The predicted octanol–water partition coefficient (Wildman–Crippen LogP) is 3.22. The minimum absolute atomic E-state index is 0.269. The topological polar surface area (TPSA) is 78.9 Å². The number of carbonyl (C=O) groups is 1. The van der Waals surface area contributed by atoms with Crippen LogP contribution in [-0.4, -0.2) is 55.5 Å². The second-order valence-corrected chi connectivity index (χ2v) is 10.6. The van der Waals surface area contributed by atoms with E-state index in [4.69, 9.17) is 4.74 Å². The minimum Gasteiger partial charge on any atom is -0.444 e. The maximum Gasteiger partial charge on any atom is 0.407 e. The van der Waals surface area contributed by atoms with Gasteiger partial charge in [-0.25, -0.2) is 13.2 Å². The number of nitrogens with zero attached hydrogens (tertiary/aromatic N) is 2. The molecule has 1 fully saturated rings. The standard InChI is InChI=1S/C23H31N3O4S/c1-23(2,3)30-22(27)24-17-19-9-11-21(12-10-19)31(28,29)26-15-13-25(14-16-26)18-20-7-5-4-6-8-20/h4-12H,13-18H2,1-3H3,(H,24,27). The molecule has 0 spiro atoms. The highest BCUT2D eigenvalue weighted by molar-refractivity contribution is 7.89. The Bertz CT molecular complexity index is 962. The number of hydrogen-bond acceptors (Lipinski definition) is 5. The van der Waals surface area contributed by atoms with Crippen LogP contribution in [-0.2, 0) is 27.8 Å². The monoisotopic (exact) mass is 445 g/mol. The molecule has 1 N–H and O–H groups in total. The van der Waals surface area contributed by atoms with Crippen LogP contribution in [0, 0.1) is 0 Å². The Balaban J connectivity index is 1.53. The Kier molecular flexibility index (Phi) is 7.35. The molecule has 0 aromatic heterocycles. The zero-order valence-corrected chi connectivity index (χ0v) is 19.2. The lowest BCUT2D eigenvalue weighted by Gasteiger charge is -2.34. The molecule has 1 heterocycles. The lowest BCUT2D eigenvalue weighted by molar-refractivity contribution is 0.0523. The molecule has 1 amide bonds. The Labute approximate surface area is 185 Å². The molecule has 7 nitrogen and oxygen atoms in total. The van der Waals surface area contributed by atoms with Gasteiger partial charge >= 0.3 is 6.09 Å². The van der Waals surface area contributed by atoms with Crippen molar-refractivity contribution in [1.82, 2.24) is 14.5 Å². The number of piperazine rings is 1. The Morgan fingerprint density at radius 3 is 2.13 bits per heavy atom. The zero-order valence-electron chi connectivity index (χ0n) is 18.4. The smallest absolute Gasteiger partial charge is 0.407 e. The molecule has 31 heavy (non-hydrogen) atoms. The highest BCUT2D eigenvalue weighted by atomic mass is 32.2. The molecule has 0 aliphatic carbocycles. The minimum atomic E-state index is -3.54. The maximum absolute atomic E-state index is 13.0. The number of benzene rings is 2. The Morgan fingerprint density at radius 1 is 0.935 bits per heavy atom. The molecule has 1 saturated heterocycles. The molecule has 0 bridgehead atoms. The van der Waals surface area contributed by atoms with Crippen LogP contribution in [0.1, 0.15) is 31.9 Å². The van der Waals surface area contributed by atoms with Crippen molar-refractivity contribution >= 4 is 16.1 Å². The Morgan fingerprint density at radius 2 is 1.55 bits per heavy atom. The normalized spacial score (nSPS) is 16.1. The second kappa shape index (κ2) is 9.80. The zero-order chi connectivity index (χ0) is 22.5. The van der Waals surface area contributed by atoms with Gasteiger partial charge in [0.2, 0.25) is 10.0 Å². The highest BCUT2D eigenvalue weighted by Gasteiger charge is 2.28. The number of sulfonamides is 1. The number of nitrogens with one attached hydrogen (secondary N) is 1. The third-order valence-corrected chi connectivity index (χ3v) is 6.89. The number of hydrogen-bond donors (Lipinski definition) is 1. The summed E-state index contributed by atoms with van der Waals surface area (Å²) in [7, 11) is -3.54. The van der Waals surface area contributed by atoms with Gasteiger partial charge in [-0.3, -0.25) is 4.90 Å². The molecule has 0 saturated carbocycles. The fourth-order valence-electron chi connectivity index (χ4n) is 3.39. The van der Waals surface area contributed by atoms with E-state index in [0.717, 1.165) is 12.1 Å². The van der Waals surface area contributed by atoms with Gasteiger partial charge in [-0.15, -0.1) is 0 Å². The molecule has 2 aromatic rings. The fourth-order valence-corrected chi connectivity index (χ4v) is 4.81. The summed E-state index contributed by atoms with van der Waals surface area (Å²) < 4.78 is 32.8. The fraction of sp³-hybridized carbons (Fsp3) is 0.435. The second-order valence-electron chi connectivity index (χ2n) is 8.67. The third-order valence-electron chi connectivity index (χ3n) is 4.98. The summed E-state index contributed by atoms with van der Waals surface area (Å²) in [6, 6.07) is 16.8. The van der Waals surface area contributed by atoms with E-state index in [1.54, 1.807) is 49.3 Å². The van der Waals surface area contributed by atoms with Gasteiger partial charge in [-0.1, -0.05) is 42.5 Å². The molecule has 168 valence electrons. The van der Waals surface area contributed by atoms with Crippen LogP contribution in [0.2, 0.25) is 0 Å². The third kappa shape index (κ3) is 6.78. The first-order valence-electron chi connectivity index (χ1n) is 10.5. The van der Waals surface area contributed by atoms with E-state index >= 15 is 0 Å². The largest absolute Gasteiger partial charge is 0.444 e. The van der Waals surface area contributed by atoms with Gasteiger partial charge in [0, 0.05) is 39.3 Å². The first-order valence-corrected chi connectivity index (χ1v) is 11.9. The van der Waals surface area contributed by atoms with E-state index in [1.807, 2.05) is 18.2 Å². The van der Waals surface area contributed by atoms with Gasteiger partial charge in [0.25, 0.3) is 0 Å². The van der Waals surface area contributed by atoms with Gasteiger partial charge in [0.15, 0.2) is 0 Å². The van der Waals surface area contributed by atoms with Crippen LogP contribution in [0.3, 0.4) is 0 Å². The average Bonchev–Trinajstić information content (AvgIpc) is 2.72. The summed E-state index contributed by atoms with van der Waals surface area (Å²) in [6.07, 6.45) is -0.502.